The third kappa shape index (κ3) is 30.1. The molecule has 0 saturated heterocycles. The van der Waals surface area contributed by atoms with E-state index in [1.807, 2.05) is 0 Å². The van der Waals surface area contributed by atoms with Crippen molar-refractivity contribution in [2.24, 2.45) is 0 Å². The number of hydrogen-bond acceptors (Lipinski definition) is 4. The van der Waals surface area contributed by atoms with E-state index in [1.165, 1.54) is 122 Å². The van der Waals surface area contributed by atoms with Crippen LogP contribution in [0, 0.1) is 0 Å². The highest BCUT2D eigenvalue weighted by Gasteiger charge is 1.98. The van der Waals surface area contributed by atoms with E-state index in [2.05, 4.69) is 29.9 Å². The van der Waals surface area contributed by atoms with Gasteiger partial charge in [-0.15, -0.1) is 0 Å². The molecule has 0 aromatic carbocycles. The largest absolute Gasteiger partial charge is 0.397 e. The lowest BCUT2D eigenvalue weighted by Gasteiger charge is -2.17. The van der Waals surface area contributed by atoms with Gasteiger partial charge in [0.25, 0.3) is 0 Å². The fraction of sp³-hybridized carbons (Fsp3) is 1.00. The molecule has 6 heteroatoms. The van der Waals surface area contributed by atoms with E-state index in [0.717, 1.165) is 7.11 Å². The van der Waals surface area contributed by atoms with E-state index in [-0.39, 0.29) is 0 Å². The minimum atomic E-state index is -4.16. The van der Waals surface area contributed by atoms with Crippen LogP contribution in [-0.4, -0.2) is 44.6 Å². The van der Waals surface area contributed by atoms with Gasteiger partial charge in [-0.1, -0.05) is 117 Å². The van der Waals surface area contributed by atoms with Crippen LogP contribution in [0.2, 0.25) is 0 Å². The molecular formula is C23H51NO4S. The number of nitrogens with zero attached hydrogens (tertiary/aromatic N) is 1. The molecule has 0 fully saturated rings. The normalized spacial score (nSPS) is 11.5. The van der Waals surface area contributed by atoms with Crippen LogP contribution in [-0.2, 0) is 14.6 Å². The van der Waals surface area contributed by atoms with Gasteiger partial charge in [0.1, 0.15) is 0 Å². The van der Waals surface area contributed by atoms with E-state index in [1.54, 1.807) is 0 Å². The highest BCUT2D eigenvalue weighted by Crippen LogP contribution is 2.13. The average molecular weight is 438 g/mol. The van der Waals surface area contributed by atoms with Gasteiger partial charge < -0.3 is 4.90 Å². The zero-order valence-corrected chi connectivity index (χ0v) is 20.8. The molecule has 0 heterocycles. The molecule has 0 amide bonds. The standard InChI is InChI=1S/C22H47N.CH4O4S/c1-4-7-8-9-10-11-12-13-14-15-16-17-18-19-20-21-22-23(5-2)6-3;1-5-6(2,3)4/h4-22H2,1-3H3;1H3,(H,2,3,4). The molecule has 29 heavy (non-hydrogen) atoms. The van der Waals surface area contributed by atoms with Crippen molar-refractivity contribution in [2.45, 2.75) is 124 Å². The Balaban J connectivity index is 0. The first-order chi connectivity index (χ1) is 13.9. The maximum atomic E-state index is 9.33. The summed E-state index contributed by atoms with van der Waals surface area (Å²) in [5, 5.41) is 0. The Morgan fingerprint density at radius 2 is 0.897 bits per heavy atom. The van der Waals surface area contributed by atoms with Crippen molar-refractivity contribution in [2.75, 3.05) is 26.7 Å². The van der Waals surface area contributed by atoms with E-state index in [9.17, 15) is 8.42 Å². The Labute approximate surface area is 182 Å². The SMILES string of the molecule is CCCCCCCCCCCCCCCCCCN(CC)CC.COS(=O)(=O)O. The molecule has 0 aromatic rings. The second-order valence-electron chi connectivity index (χ2n) is 7.92. The third-order valence-electron chi connectivity index (χ3n) is 5.43. The second kappa shape index (κ2) is 24.1. The van der Waals surface area contributed by atoms with E-state index < -0.39 is 10.4 Å². The Bertz CT molecular complexity index is 398. The summed E-state index contributed by atoms with van der Waals surface area (Å²) < 4.78 is 29.7. The van der Waals surface area contributed by atoms with Crippen LogP contribution in [0.3, 0.4) is 0 Å². The number of rotatable bonds is 20. The molecule has 0 saturated carbocycles. The molecule has 0 radical (unpaired) electrons. The highest BCUT2D eigenvalue weighted by atomic mass is 32.3. The maximum Gasteiger partial charge on any atom is 0.397 e. The Morgan fingerprint density at radius 1 is 0.621 bits per heavy atom. The smallest absolute Gasteiger partial charge is 0.304 e. The predicted octanol–water partition coefficient (Wildman–Crippen LogP) is 7.03. The zero-order valence-electron chi connectivity index (χ0n) is 20.0. The van der Waals surface area contributed by atoms with Crippen LogP contribution >= 0.6 is 0 Å². The first-order valence-corrected chi connectivity index (χ1v) is 13.5. The van der Waals surface area contributed by atoms with Crippen LogP contribution < -0.4 is 0 Å². The molecule has 0 rings (SSSR count). The van der Waals surface area contributed by atoms with Crippen molar-refractivity contribution in [3.8, 4) is 0 Å². The highest BCUT2D eigenvalue weighted by molar-refractivity contribution is 7.80. The molecule has 0 aliphatic carbocycles. The molecule has 0 aromatic heterocycles. The van der Waals surface area contributed by atoms with Crippen LogP contribution in [0.4, 0.5) is 0 Å². The Kier molecular flexibility index (Phi) is 25.8. The molecule has 0 bridgehead atoms. The second-order valence-corrected chi connectivity index (χ2v) is 9.11. The van der Waals surface area contributed by atoms with Gasteiger partial charge in [0, 0.05) is 0 Å². The van der Waals surface area contributed by atoms with Crippen molar-refractivity contribution in [3.05, 3.63) is 0 Å². The lowest BCUT2D eigenvalue weighted by atomic mass is 10.0. The summed E-state index contributed by atoms with van der Waals surface area (Å²) in [5.74, 6) is 0. The van der Waals surface area contributed by atoms with Crippen molar-refractivity contribution >= 4 is 10.4 Å². The quantitative estimate of drug-likeness (QED) is 0.164. The topological polar surface area (TPSA) is 66.8 Å². The summed E-state index contributed by atoms with van der Waals surface area (Å²) in [6.45, 7) is 10.6. The fourth-order valence-electron chi connectivity index (χ4n) is 3.42. The van der Waals surface area contributed by atoms with Gasteiger partial charge >= 0.3 is 10.4 Å². The molecule has 5 nitrogen and oxygen atoms in total. The average Bonchev–Trinajstić information content (AvgIpc) is 2.70. The van der Waals surface area contributed by atoms with Crippen molar-refractivity contribution < 1.29 is 17.2 Å². The third-order valence-corrected chi connectivity index (χ3v) is 5.85. The lowest BCUT2D eigenvalue weighted by Crippen LogP contribution is -2.23. The van der Waals surface area contributed by atoms with Crippen LogP contribution in [0.5, 0.6) is 0 Å². The van der Waals surface area contributed by atoms with E-state index in [0.29, 0.717) is 0 Å². The summed E-state index contributed by atoms with van der Waals surface area (Å²) in [4.78, 5) is 2.55. The first kappa shape index (κ1) is 31.0. The summed E-state index contributed by atoms with van der Waals surface area (Å²) in [7, 11) is -3.29. The lowest BCUT2D eigenvalue weighted by molar-refractivity contribution is 0.295. The van der Waals surface area contributed by atoms with Crippen LogP contribution in [0.15, 0.2) is 0 Å². The molecule has 0 atom stereocenters. The van der Waals surface area contributed by atoms with Gasteiger partial charge in [0.15, 0.2) is 0 Å². The minimum Gasteiger partial charge on any atom is -0.304 e. The Hall–Kier alpha value is -0.170. The van der Waals surface area contributed by atoms with Gasteiger partial charge in [-0.2, -0.15) is 8.42 Å². The molecule has 1 N–H and O–H groups in total. The molecule has 0 unspecified atom stereocenters. The molecule has 178 valence electrons. The molecule has 0 aliphatic rings. The summed E-state index contributed by atoms with van der Waals surface area (Å²) in [6, 6.07) is 0. The summed E-state index contributed by atoms with van der Waals surface area (Å²) in [5.41, 5.74) is 0. The number of unbranched alkanes of at least 4 members (excludes halogenated alkanes) is 15. The van der Waals surface area contributed by atoms with Crippen molar-refractivity contribution in [3.63, 3.8) is 0 Å². The van der Waals surface area contributed by atoms with Gasteiger partial charge in [-0.3, -0.25) is 8.74 Å². The first-order valence-electron chi connectivity index (χ1n) is 12.2. The summed E-state index contributed by atoms with van der Waals surface area (Å²) >= 11 is 0. The van der Waals surface area contributed by atoms with Crippen LogP contribution in [0.1, 0.15) is 124 Å². The maximum absolute atomic E-state index is 9.33. The van der Waals surface area contributed by atoms with E-state index >= 15 is 0 Å². The molecular weight excluding hydrogens is 386 g/mol. The van der Waals surface area contributed by atoms with E-state index in [4.69, 9.17) is 4.55 Å². The molecule has 0 aliphatic heterocycles. The fourth-order valence-corrected chi connectivity index (χ4v) is 3.42. The Morgan fingerprint density at radius 3 is 1.14 bits per heavy atom. The van der Waals surface area contributed by atoms with Gasteiger partial charge in [0.05, 0.1) is 7.11 Å². The van der Waals surface area contributed by atoms with Gasteiger partial charge in [0.2, 0.25) is 0 Å². The minimum absolute atomic E-state index is 0.870. The predicted molar refractivity (Wildman–Crippen MR) is 126 cm³/mol. The van der Waals surface area contributed by atoms with Gasteiger partial charge in [-0.25, -0.2) is 0 Å². The van der Waals surface area contributed by atoms with Crippen molar-refractivity contribution in [1.29, 1.82) is 0 Å². The van der Waals surface area contributed by atoms with Gasteiger partial charge in [-0.05, 0) is 26.1 Å². The van der Waals surface area contributed by atoms with Crippen LogP contribution in [0.25, 0.3) is 0 Å². The molecule has 0 spiro atoms. The number of hydrogen-bond donors (Lipinski definition) is 1. The summed E-state index contributed by atoms with van der Waals surface area (Å²) in [6.07, 6.45) is 23.4. The van der Waals surface area contributed by atoms with Crippen molar-refractivity contribution in [1.82, 2.24) is 4.90 Å². The monoisotopic (exact) mass is 437 g/mol. The zero-order chi connectivity index (χ0) is 22.2.